The molecule has 0 saturated heterocycles. The summed E-state index contributed by atoms with van der Waals surface area (Å²) in [4.78, 5) is 12.3. The fraction of sp³-hybridized carbons (Fsp3) is 0. The van der Waals surface area contributed by atoms with Gasteiger partial charge in [0.25, 0.3) is 0 Å². The molecule has 0 amide bonds. The van der Waals surface area contributed by atoms with Crippen molar-refractivity contribution in [1.29, 1.82) is 0 Å². The molecule has 0 fully saturated rings. The maximum atomic E-state index is 13.4. The third-order valence-corrected chi connectivity index (χ3v) is 3.35. The molecule has 104 valence electrons. The molecule has 0 aliphatic heterocycles. The largest absolute Gasteiger partial charge is 0.288 e. The number of carbonyl (C=O) groups excluding carboxylic acids is 1. The minimum absolute atomic E-state index is 0.00784. The highest BCUT2D eigenvalue weighted by molar-refractivity contribution is 6.30. The Morgan fingerprint density at radius 3 is 2.57 bits per heavy atom. The number of carbonyl (C=O) groups is 1. The Hall–Kier alpha value is -2.46. The molecule has 1 aromatic heterocycles. The summed E-state index contributed by atoms with van der Waals surface area (Å²) < 4.78 is 15.0. The summed E-state index contributed by atoms with van der Waals surface area (Å²) in [6, 6.07) is 13.4. The van der Waals surface area contributed by atoms with Gasteiger partial charge in [-0.3, -0.25) is 4.79 Å². The standard InChI is InChI=1S/C16H10ClFN2O/c17-14-7-6-11(8-15(14)18)16(21)12-9-19-20(10-12)13-4-2-1-3-5-13/h1-10H. The number of hydrogen-bond donors (Lipinski definition) is 0. The first-order chi connectivity index (χ1) is 10.1. The van der Waals surface area contributed by atoms with Gasteiger partial charge in [-0.05, 0) is 30.3 Å². The highest BCUT2D eigenvalue weighted by atomic mass is 35.5. The first-order valence-electron chi connectivity index (χ1n) is 6.25. The molecule has 1 heterocycles. The lowest BCUT2D eigenvalue weighted by atomic mass is 10.1. The SMILES string of the molecule is O=C(c1ccc(Cl)c(F)c1)c1cnn(-c2ccccc2)c1. The van der Waals surface area contributed by atoms with E-state index in [-0.39, 0.29) is 16.4 Å². The zero-order valence-electron chi connectivity index (χ0n) is 10.8. The molecule has 0 N–H and O–H groups in total. The van der Waals surface area contributed by atoms with E-state index in [0.717, 1.165) is 11.8 Å². The predicted octanol–water partition coefficient (Wildman–Crippen LogP) is 3.90. The van der Waals surface area contributed by atoms with Crippen LogP contribution in [0, 0.1) is 5.82 Å². The van der Waals surface area contributed by atoms with E-state index in [1.54, 1.807) is 10.9 Å². The second kappa shape index (κ2) is 5.50. The fourth-order valence-electron chi connectivity index (χ4n) is 1.97. The molecule has 2 aromatic carbocycles. The molecule has 0 aliphatic carbocycles. The summed E-state index contributed by atoms with van der Waals surface area (Å²) in [6.45, 7) is 0. The van der Waals surface area contributed by atoms with Gasteiger partial charge >= 0.3 is 0 Å². The van der Waals surface area contributed by atoms with Gasteiger partial charge in [0, 0.05) is 11.8 Å². The molecular weight excluding hydrogens is 291 g/mol. The summed E-state index contributed by atoms with van der Waals surface area (Å²) in [5.41, 5.74) is 1.48. The summed E-state index contributed by atoms with van der Waals surface area (Å²) >= 11 is 5.61. The molecule has 0 atom stereocenters. The Kier molecular flexibility index (Phi) is 3.54. The lowest BCUT2D eigenvalue weighted by Crippen LogP contribution is -2.01. The van der Waals surface area contributed by atoms with Crippen LogP contribution in [0.2, 0.25) is 5.02 Å². The van der Waals surface area contributed by atoms with Crippen molar-refractivity contribution in [3.05, 3.63) is 82.9 Å². The van der Waals surface area contributed by atoms with Crippen LogP contribution in [0.25, 0.3) is 5.69 Å². The van der Waals surface area contributed by atoms with Gasteiger partial charge in [0.2, 0.25) is 0 Å². The van der Waals surface area contributed by atoms with Crippen LogP contribution >= 0.6 is 11.6 Å². The maximum absolute atomic E-state index is 13.4. The number of hydrogen-bond acceptors (Lipinski definition) is 2. The van der Waals surface area contributed by atoms with Gasteiger partial charge in [-0.1, -0.05) is 29.8 Å². The van der Waals surface area contributed by atoms with Crippen LogP contribution in [0.1, 0.15) is 15.9 Å². The van der Waals surface area contributed by atoms with Crippen LogP contribution < -0.4 is 0 Å². The van der Waals surface area contributed by atoms with Crippen molar-refractivity contribution in [2.45, 2.75) is 0 Å². The second-order valence-corrected chi connectivity index (χ2v) is 4.87. The molecule has 0 saturated carbocycles. The zero-order chi connectivity index (χ0) is 14.8. The first kappa shape index (κ1) is 13.5. The molecule has 0 spiro atoms. The minimum atomic E-state index is -0.613. The Morgan fingerprint density at radius 1 is 1.10 bits per heavy atom. The maximum Gasteiger partial charge on any atom is 0.196 e. The van der Waals surface area contributed by atoms with Crippen LogP contribution in [-0.4, -0.2) is 15.6 Å². The lowest BCUT2D eigenvalue weighted by molar-refractivity contribution is 0.103. The van der Waals surface area contributed by atoms with E-state index in [9.17, 15) is 9.18 Å². The topological polar surface area (TPSA) is 34.9 Å². The van der Waals surface area contributed by atoms with Crippen molar-refractivity contribution < 1.29 is 9.18 Å². The van der Waals surface area contributed by atoms with Gasteiger partial charge in [0.1, 0.15) is 5.82 Å². The number of aromatic nitrogens is 2. The van der Waals surface area contributed by atoms with E-state index < -0.39 is 5.82 Å². The van der Waals surface area contributed by atoms with E-state index in [0.29, 0.717) is 5.56 Å². The van der Waals surface area contributed by atoms with E-state index in [1.807, 2.05) is 30.3 Å². The number of para-hydroxylation sites is 1. The van der Waals surface area contributed by atoms with Crippen molar-refractivity contribution >= 4 is 17.4 Å². The summed E-state index contributed by atoms with van der Waals surface area (Å²) in [6.07, 6.45) is 3.08. The first-order valence-corrected chi connectivity index (χ1v) is 6.63. The van der Waals surface area contributed by atoms with Crippen molar-refractivity contribution in [1.82, 2.24) is 9.78 Å². The Morgan fingerprint density at radius 2 is 1.86 bits per heavy atom. The number of halogens is 2. The van der Waals surface area contributed by atoms with Crippen molar-refractivity contribution in [3.63, 3.8) is 0 Å². The lowest BCUT2D eigenvalue weighted by Gasteiger charge is -2.00. The van der Waals surface area contributed by atoms with Crippen LogP contribution in [0.5, 0.6) is 0 Å². The Labute approximate surface area is 125 Å². The quantitative estimate of drug-likeness (QED) is 0.688. The molecule has 3 nitrogen and oxygen atoms in total. The number of benzene rings is 2. The molecule has 0 unspecified atom stereocenters. The molecule has 5 heteroatoms. The average molecular weight is 301 g/mol. The van der Waals surface area contributed by atoms with E-state index in [1.165, 1.54) is 18.3 Å². The van der Waals surface area contributed by atoms with Crippen molar-refractivity contribution in [2.75, 3.05) is 0 Å². The van der Waals surface area contributed by atoms with Gasteiger partial charge in [-0.15, -0.1) is 0 Å². The average Bonchev–Trinajstić information content (AvgIpc) is 3.00. The van der Waals surface area contributed by atoms with Crippen LogP contribution in [0.4, 0.5) is 4.39 Å². The number of ketones is 1. The third kappa shape index (κ3) is 2.71. The van der Waals surface area contributed by atoms with Gasteiger partial charge in [0.15, 0.2) is 5.78 Å². The summed E-state index contributed by atoms with van der Waals surface area (Å²) in [5.74, 6) is -0.911. The normalized spacial score (nSPS) is 10.6. The van der Waals surface area contributed by atoms with Crippen molar-refractivity contribution in [2.24, 2.45) is 0 Å². The second-order valence-electron chi connectivity index (χ2n) is 4.47. The van der Waals surface area contributed by atoms with Crippen LogP contribution in [-0.2, 0) is 0 Å². The van der Waals surface area contributed by atoms with Crippen LogP contribution in [0.15, 0.2) is 60.9 Å². The molecule has 21 heavy (non-hydrogen) atoms. The van der Waals surface area contributed by atoms with Crippen LogP contribution in [0.3, 0.4) is 0 Å². The summed E-state index contributed by atoms with van der Waals surface area (Å²) in [7, 11) is 0. The Bertz CT molecular complexity index is 799. The third-order valence-electron chi connectivity index (χ3n) is 3.05. The molecule has 0 aliphatic rings. The highest BCUT2D eigenvalue weighted by Crippen LogP contribution is 2.18. The van der Waals surface area contributed by atoms with Gasteiger partial charge in [-0.25, -0.2) is 9.07 Å². The van der Waals surface area contributed by atoms with Gasteiger partial charge < -0.3 is 0 Å². The Balaban J connectivity index is 1.92. The molecule has 3 aromatic rings. The highest BCUT2D eigenvalue weighted by Gasteiger charge is 2.13. The number of rotatable bonds is 3. The smallest absolute Gasteiger partial charge is 0.196 e. The van der Waals surface area contributed by atoms with Crippen molar-refractivity contribution in [3.8, 4) is 5.69 Å². The van der Waals surface area contributed by atoms with E-state index in [4.69, 9.17) is 11.6 Å². The molecule has 3 rings (SSSR count). The number of nitrogens with zero attached hydrogens (tertiary/aromatic N) is 2. The predicted molar refractivity (Wildman–Crippen MR) is 78.4 cm³/mol. The monoisotopic (exact) mass is 300 g/mol. The zero-order valence-corrected chi connectivity index (χ0v) is 11.6. The van der Waals surface area contributed by atoms with Gasteiger partial charge in [-0.2, -0.15) is 5.10 Å². The summed E-state index contributed by atoms with van der Waals surface area (Å²) in [5, 5.41) is 4.14. The molecular formula is C16H10ClFN2O. The van der Waals surface area contributed by atoms with E-state index in [2.05, 4.69) is 5.10 Å². The molecule has 0 bridgehead atoms. The molecule has 0 radical (unpaired) electrons. The van der Waals surface area contributed by atoms with Gasteiger partial charge in [0.05, 0.1) is 22.5 Å². The van der Waals surface area contributed by atoms with E-state index >= 15 is 0 Å². The fourth-order valence-corrected chi connectivity index (χ4v) is 2.08. The minimum Gasteiger partial charge on any atom is -0.288 e.